The molecule has 4 heteroatoms. The number of halogens is 1. The molecular weight excluding hydrogens is 145 g/mol. The molecule has 2 aromatic rings. The maximum Gasteiger partial charge on any atom is 0.112 e. The summed E-state index contributed by atoms with van der Waals surface area (Å²) in [6.07, 6.45) is 0. The van der Waals surface area contributed by atoms with Gasteiger partial charge in [-0.2, -0.15) is 15.4 Å². The Bertz CT molecular complexity index is 288. The van der Waals surface area contributed by atoms with Crippen molar-refractivity contribution < 1.29 is 4.39 Å². The molecule has 1 aromatic heterocycles. The number of nitrogens with zero attached hydrogens (tertiary/aromatic N) is 2. The van der Waals surface area contributed by atoms with Crippen LogP contribution in [0.3, 0.4) is 0 Å². The highest BCUT2D eigenvalue weighted by molar-refractivity contribution is 5.72. The van der Waals surface area contributed by atoms with Gasteiger partial charge in [-0.25, -0.2) is 0 Å². The van der Waals surface area contributed by atoms with Gasteiger partial charge in [-0.15, -0.1) is 0 Å². The lowest BCUT2D eigenvalue weighted by Crippen LogP contribution is -1.63. The van der Waals surface area contributed by atoms with Gasteiger partial charge in [0.2, 0.25) is 0 Å². The highest BCUT2D eigenvalue weighted by atomic mass is 19.1. The number of para-hydroxylation sites is 2. The summed E-state index contributed by atoms with van der Waals surface area (Å²) in [7, 11) is 0.500. The van der Waals surface area contributed by atoms with Crippen LogP contribution >= 0.6 is 0 Å². The van der Waals surface area contributed by atoms with Crippen molar-refractivity contribution in [1.29, 1.82) is 0 Å². The lowest BCUT2D eigenvalue weighted by molar-refractivity contribution is 0.636. The van der Waals surface area contributed by atoms with Gasteiger partial charge >= 0.3 is 0 Å². The predicted octanol–water partition coefficient (Wildman–Crippen LogP) is 1.54. The average Bonchev–Trinajstić information content (AvgIpc) is 2.55. The Morgan fingerprint density at radius 1 is 1.09 bits per heavy atom. The van der Waals surface area contributed by atoms with Gasteiger partial charge in [0.25, 0.3) is 0 Å². The van der Waals surface area contributed by atoms with Gasteiger partial charge in [-0.3, -0.25) is 4.39 Å². The number of H-pyrrole nitrogens is 1. The fourth-order valence-corrected chi connectivity index (χ4v) is 0.786. The number of alkyl halides is 1. The second-order valence-corrected chi connectivity index (χ2v) is 1.81. The Kier molecular flexibility index (Phi) is 2.54. The number of rotatable bonds is 0. The molecule has 1 aromatic carbocycles. The molecule has 0 fully saturated rings. The lowest BCUT2D eigenvalue weighted by atomic mass is 10.3. The van der Waals surface area contributed by atoms with Crippen molar-refractivity contribution in [2.75, 3.05) is 7.18 Å². The zero-order valence-electron chi connectivity index (χ0n) is 6.08. The first kappa shape index (κ1) is 7.65. The van der Waals surface area contributed by atoms with E-state index in [0.29, 0.717) is 7.18 Å². The third-order valence-corrected chi connectivity index (χ3v) is 1.22. The fourth-order valence-electron chi connectivity index (χ4n) is 0.786. The quantitative estimate of drug-likeness (QED) is 0.623. The molecule has 0 saturated heterocycles. The molecule has 2 rings (SSSR count). The number of aromatic amines is 1. The van der Waals surface area contributed by atoms with Crippen LogP contribution in [-0.4, -0.2) is 22.6 Å². The minimum absolute atomic E-state index is 0.500. The summed E-state index contributed by atoms with van der Waals surface area (Å²) in [5.74, 6) is 0. The molecule has 0 bridgehead atoms. The molecule has 1 N–H and O–H groups in total. The third-order valence-electron chi connectivity index (χ3n) is 1.22. The van der Waals surface area contributed by atoms with Crippen LogP contribution in [0, 0.1) is 0 Å². The molecule has 0 unspecified atom stereocenters. The topological polar surface area (TPSA) is 41.6 Å². The molecule has 0 amide bonds. The second-order valence-electron chi connectivity index (χ2n) is 1.81. The number of benzene rings is 1. The molecule has 0 spiro atoms. The van der Waals surface area contributed by atoms with E-state index in [1.165, 1.54) is 0 Å². The molecule has 0 aliphatic carbocycles. The number of aromatic nitrogens is 3. The minimum atomic E-state index is 0.500. The molecule has 0 atom stereocenters. The van der Waals surface area contributed by atoms with Crippen LogP contribution in [0.4, 0.5) is 4.39 Å². The van der Waals surface area contributed by atoms with Crippen LogP contribution in [-0.2, 0) is 0 Å². The summed E-state index contributed by atoms with van der Waals surface area (Å²) in [6, 6.07) is 7.70. The summed E-state index contributed by atoms with van der Waals surface area (Å²) in [5, 5.41) is 10.3. The van der Waals surface area contributed by atoms with E-state index >= 15 is 0 Å². The minimum Gasteiger partial charge on any atom is -0.255 e. The Hall–Kier alpha value is -1.45. The Morgan fingerprint density at radius 3 is 2.00 bits per heavy atom. The molecule has 3 nitrogen and oxygen atoms in total. The summed E-state index contributed by atoms with van der Waals surface area (Å²) >= 11 is 0. The first-order chi connectivity index (χ1) is 5.47. The summed E-state index contributed by atoms with van der Waals surface area (Å²) in [5.41, 5.74) is 1.83. The van der Waals surface area contributed by atoms with Crippen molar-refractivity contribution in [3.05, 3.63) is 24.3 Å². The van der Waals surface area contributed by atoms with E-state index in [-0.39, 0.29) is 0 Å². The van der Waals surface area contributed by atoms with E-state index in [2.05, 4.69) is 15.4 Å². The maximum absolute atomic E-state index is 9.50. The molecule has 0 aliphatic rings. The van der Waals surface area contributed by atoms with Crippen molar-refractivity contribution in [2.45, 2.75) is 0 Å². The van der Waals surface area contributed by atoms with Gasteiger partial charge in [0.05, 0.1) is 7.18 Å². The van der Waals surface area contributed by atoms with Crippen LogP contribution in [0.2, 0.25) is 0 Å². The highest BCUT2D eigenvalue weighted by Gasteiger charge is 1.90. The van der Waals surface area contributed by atoms with Gasteiger partial charge in [0.15, 0.2) is 0 Å². The van der Waals surface area contributed by atoms with Crippen molar-refractivity contribution in [3.63, 3.8) is 0 Å². The van der Waals surface area contributed by atoms with E-state index in [1.807, 2.05) is 24.3 Å². The van der Waals surface area contributed by atoms with Crippen molar-refractivity contribution in [3.8, 4) is 0 Å². The van der Waals surface area contributed by atoms with Gasteiger partial charge < -0.3 is 0 Å². The first-order valence-electron chi connectivity index (χ1n) is 3.10. The molecule has 11 heavy (non-hydrogen) atoms. The Labute approximate surface area is 63.2 Å². The van der Waals surface area contributed by atoms with Crippen molar-refractivity contribution in [2.24, 2.45) is 0 Å². The predicted molar refractivity (Wildman–Crippen MR) is 40.9 cm³/mol. The molecule has 0 saturated carbocycles. The fraction of sp³-hybridized carbons (Fsp3) is 0.143. The van der Waals surface area contributed by atoms with Crippen LogP contribution < -0.4 is 0 Å². The van der Waals surface area contributed by atoms with Crippen LogP contribution in [0.5, 0.6) is 0 Å². The zero-order chi connectivity index (χ0) is 8.10. The number of nitrogens with one attached hydrogen (secondary N) is 1. The van der Waals surface area contributed by atoms with E-state index < -0.39 is 0 Å². The third kappa shape index (κ3) is 1.52. The van der Waals surface area contributed by atoms with E-state index in [9.17, 15) is 4.39 Å². The standard InChI is InChI=1S/C6H5N3.CH3F/c1-2-4-6-5(3-1)7-9-8-6;1-2/h1-4H,(H,7,8,9);1H3. The average molecular weight is 153 g/mol. The summed E-state index contributed by atoms with van der Waals surface area (Å²) < 4.78 is 9.50. The molecule has 0 radical (unpaired) electrons. The molecular formula is C7H8FN3. The Balaban J connectivity index is 0.000000281. The van der Waals surface area contributed by atoms with Crippen molar-refractivity contribution >= 4 is 11.0 Å². The van der Waals surface area contributed by atoms with E-state index in [4.69, 9.17) is 0 Å². The second kappa shape index (κ2) is 3.65. The van der Waals surface area contributed by atoms with Gasteiger partial charge in [0.1, 0.15) is 11.0 Å². The first-order valence-corrected chi connectivity index (χ1v) is 3.10. The number of hydrogen-bond acceptors (Lipinski definition) is 2. The van der Waals surface area contributed by atoms with Gasteiger partial charge in [-0.05, 0) is 12.1 Å². The lowest BCUT2D eigenvalue weighted by Gasteiger charge is -1.78. The van der Waals surface area contributed by atoms with Gasteiger partial charge in [-0.1, -0.05) is 12.1 Å². The molecule has 58 valence electrons. The number of fused-ring (bicyclic) bond motifs is 1. The van der Waals surface area contributed by atoms with Crippen molar-refractivity contribution in [1.82, 2.24) is 15.4 Å². The zero-order valence-corrected chi connectivity index (χ0v) is 6.08. The summed E-state index contributed by atoms with van der Waals surface area (Å²) in [4.78, 5) is 0. The highest BCUT2D eigenvalue weighted by Crippen LogP contribution is 2.03. The molecule has 0 aliphatic heterocycles. The largest absolute Gasteiger partial charge is 0.255 e. The SMILES string of the molecule is CF.c1ccc2n[nH]nc2c1. The van der Waals surface area contributed by atoms with Crippen LogP contribution in [0.1, 0.15) is 0 Å². The smallest absolute Gasteiger partial charge is 0.112 e. The van der Waals surface area contributed by atoms with Crippen LogP contribution in [0.25, 0.3) is 11.0 Å². The van der Waals surface area contributed by atoms with E-state index in [1.54, 1.807) is 0 Å². The Morgan fingerprint density at radius 2 is 1.55 bits per heavy atom. The monoisotopic (exact) mass is 153 g/mol. The summed E-state index contributed by atoms with van der Waals surface area (Å²) in [6.45, 7) is 0. The maximum atomic E-state index is 9.50. The van der Waals surface area contributed by atoms with Crippen LogP contribution in [0.15, 0.2) is 24.3 Å². The number of hydrogen-bond donors (Lipinski definition) is 1. The normalized spacial score (nSPS) is 8.91. The molecule has 1 heterocycles. The van der Waals surface area contributed by atoms with E-state index in [0.717, 1.165) is 11.0 Å². The van der Waals surface area contributed by atoms with Gasteiger partial charge in [0, 0.05) is 0 Å².